The predicted octanol–water partition coefficient (Wildman–Crippen LogP) is 3.94. The summed E-state index contributed by atoms with van der Waals surface area (Å²) in [7, 11) is 0. The molecular formula is C14H16ClNO. The van der Waals surface area contributed by atoms with Gasteiger partial charge in [-0.1, -0.05) is 30.7 Å². The van der Waals surface area contributed by atoms with Gasteiger partial charge in [0.05, 0.1) is 12.3 Å². The second kappa shape index (κ2) is 5.39. The fourth-order valence-corrected chi connectivity index (χ4v) is 2.13. The van der Waals surface area contributed by atoms with Gasteiger partial charge in [0.2, 0.25) is 0 Å². The van der Waals surface area contributed by atoms with E-state index in [0.717, 1.165) is 28.5 Å². The molecule has 1 aromatic heterocycles. The molecule has 3 heteroatoms. The smallest absolute Gasteiger partial charge is 0.101 e. The largest absolute Gasteiger partial charge is 0.469 e. The Morgan fingerprint density at radius 2 is 2.12 bits per heavy atom. The van der Waals surface area contributed by atoms with Gasteiger partial charge < -0.3 is 9.73 Å². The molecule has 0 radical (unpaired) electrons. The van der Waals surface area contributed by atoms with Crippen LogP contribution in [0.25, 0.3) is 0 Å². The molecule has 0 bridgehead atoms. The SMILES string of the molecule is CCNC(c1cccc(Cl)c1)c1coc(C)c1. The summed E-state index contributed by atoms with van der Waals surface area (Å²) in [4.78, 5) is 0. The number of aryl methyl sites for hydroxylation is 1. The van der Waals surface area contributed by atoms with Crippen molar-refractivity contribution in [2.24, 2.45) is 0 Å². The maximum absolute atomic E-state index is 6.03. The van der Waals surface area contributed by atoms with E-state index in [2.05, 4.69) is 18.3 Å². The van der Waals surface area contributed by atoms with Gasteiger partial charge >= 0.3 is 0 Å². The lowest BCUT2D eigenvalue weighted by atomic mass is 10.0. The Labute approximate surface area is 107 Å². The highest BCUT2D eigenvalue weighted by atomic mass is 35.5. The van der Waals surface area contributed by atoms with Gasteiger partial charge in [-0.25, -0.2) is 0 Å². The third-order valence-corrected chi connectivity index (χ3v) is 2.91. The quantitative estimate of drug-likeness (QED) is 0.888. The van der Waals surface area contributed by atoms with E-state index in [1.165, 1.54) is 0 Å². The topological polar surface area (TPSA) is 25.2 Å². The van der Waals surface area contributed by atoms with Crippen molar-refractivity contribution in [3.05, 3.63) is 58.5 Å². The Morgan fingerprint density at radius 1 is 1.29 bits per heavy atom. The molecule has 0 spiro atoms. The van der Waals surface area contributed by atoms with Crippen LogP contribution in [0.3, 0.4) is 0 Å². The molecule has 2 rings (SSSR count). The van der Waals surface area contributed by atoms with Crippen molar-refractivity contribution in [1.29, 1.82) is 0 Å². The zero-order valence-corrected chi connectivity index (χ0v) is 10.8. The van der Waals surface area contributed by atoms with Gasteiger partial charge in [0.15, 0.2) is 0 Å². The molecule has 0 aliphatic rings. The maximum Gasteiger partial charge on any atom is 0.101 e. The standard InChI is InChI=1S/C14H16ClNO/c1-3-16-14(12-7-10(2)17-9-12)11-5-4-6-13(15)8-11/h4-9,14,16H,3H2,1-2H3. The van der Waals surface area contributed by atoms with E-state index in [4.69, 9.17) is 16.0 Å². The van der Waals surface area contributed by atoms with E-state index < -0.39 is 0 Å². The Balaban J connectivity index is 2.35. The highest BCUT2D eigenvalue weighted by molar-refractivity contribution is 6.30. The number of rotatable bonds is 4. The minimum Gasteiger partial charge on any atom is -0.469 e. The molecular weight excluding hydrogens is 234 g/mol. The maximum atomic E-state index is 6.03. The molecule has 0 aliphatic heterocycles. The lowest BCUT2D eigenvalue weighted by Crippen LogP contribution is -2.21. The van der Waals surface area contributed by atoms with Gasteiger partial charge in [-0.05, 0) is 37.2 Å². The summed E-state index contributed by atoms with van der Waals surface area (Å²) in [5, 5.41) is 4.19. The van der Waals surface area contributed by atoms with Crippen molar-refractivity contribution < 1.29 is 4.42 Å². The molecule has 2 aromatic rings. The first kappa shape index (κ1) is 12.2. The molecule has 0 saturated carbocycles. The van der Waals surface area contributed by atoms with E-state index in [9.17, 15) is 0 Å². The zero-order chi connectivity index (χ0) is 12.3. The summed E-state index contributed by atoms with van der Waals surface area (Å²) >= 11 is 6.03. The van der Waals surface area contributed by atoms with E-state index in [1.807, 2.05) is 31.2 Å². The summed E-state index contributed by atoms with van der Waals surface area (Å²) in [6, 6.07) is 10.1. The van der Waals surface area contributed by atoms with Gasteiger partial charge in [-0.2, -0.15) is 0 Å². The van der Waals surface area contributed by atoms with Crippen LogP contribution in [-0.2, 0) is 0 Å². The molecule has 1 heterocycles. The third-order valence-electron chi connectivity index (χ3n) is 2.67. The molecule has 1 N–H and O–H groups in total. The second-order valence-electron chi connectivity index (χ2n) is 4.04. The van der Waals surface area contributed by atoms with Crippen LogP contribution in [0.1, 0.15) is 29.9 Å². The number of nitrogens with one attached hydrogen (secondary N) is 1. The van der Waals surface area contributed by atoms with Gasteiger partial charge in [-0.15, -0.1) is 0 Å². The number of halogens is 1. The van der Waals surface area contributed by atoms with Crippen LogP contribution in [0.5, 0.6) is 0 Å². The van der Waals surface area contributed by atoms with Crippen molar-refractivity contribution in [1.82, 2.24) is 5.32 Å². The summed E-state index contributed by atoms with van der Waals surface area (Å²) in [5.74, 6) is 0.921. The molecule has 0 fully saturated rings. The van der Waals surface area contributed by atoms with Crippen LogP contribution in [0.15, 0.2) is 41.0 Å². The zero-order valence-electron chi connectivity index (χ0n) is 10.0. The second-order valence-corrected chi connectivity index (χ2v) is 4.47. The summed E-state index contributed by atoms with van der Waals surface area (Å²) in [6.45, 7) is 4.93. The first-order valence-electron chi connectivity index (χ1n) is 5.74. The van der Waals surface area contributed by atoms with Crippen LogP contribution >= 0.6 is 11.6 Å². The number of hydrogen-bond donors (Lipinski definition) is 1. The average molecular weight is 250 g/mol. The van der Waals surface area contributed by atoms with Crippen LogP contribution < -0.4 is 5.32 Å². The van der Waals surface area contributed by atoms with Crippen molar-refractivity contribution in [2.45, 2.75) is 19.9 Å². The summed E-state index contributed by atoms with van der Waals surface area (Å²) in [5.41, 5.74) is 2.28. The van der Waals surface area contributed by atoms with Gasteiger partial charge in [0, 0.05) is 10.6 Å². The van der Waals surface area contributed by atoms with Crippen molar-refractivity contribution >= 4 is 11.6 Å². The molecule has 1 atom stereocenters. The van der Waals surface area contributed by atoms with E-state index in [-0.39, 0.29) is 6.04 Å². The molecule has 0 amide bonds. The lowest BCUT2D eigenvalue weighted by molar-refractivity contribution is 0.525. The number of furan rings is 1. The molecule has 2 nitrogen and oxygen atoms in total. The Kier molecular flexibility index (Phi) is 3.87. The molecule has 0 aliphatic carbocycles. The highest BCUT2D eigenvalue weighted by Crippen LogP contribution is 2.25. The predicted molar refractivity (Wildman–Crippen MR) is 70.4 cm³/mol. The highest BCUT2D eigenvalue weighted by Gasteiger charge is 2.15. The van der Waals surface area contributed by atoms with E-state index in [0.29, 0.717) is 0 Å². The van der Waals surface area contributed by atoms with E-state index >= 15 is 0 Å². The Bertz CT molecular complexity index is 492. The normalized spacial score (nSPS) is 12.6. The fraction of sp³-hybridized carbons (Fsp3) is 0.286. The molecule has 90 valence electrons. The summed E-state index contributed by atoms with van der Waals surface area (Å²) < 4.78 is 5.37. The number of hydrogen-bond acceptors (Lipinski definition) is 2. The van der Waals surface area contributed by atoms with Gasteiger partial charge in [0.1, 0.15) is 5.76 Å². The average Bonchev–Trinajstić information content (AvgIpc) is 2.72. The third kappa shape index (κ3) is 2.90. The van der Waals surface area contributed by atoms with Gasteiger partial charge in [-0.3, -0.25) is 0 Å². The fourth-order valence-electron chi connectivity index (χ4n) is 1.93. The molecule has 0 saturated heterocycles. The first-order valence-corrected chi connectivity index (χ1v) is 6.12. The van der Waals surface area contributed by atoms with Crippen LogP contribution in [-0.4, -0.2) is 6.54 Å². The Morgan fingerprint density at radius 3 is 2.71 bits per heavy atom. The monoisotopic (exact) mass is 249 g/mol. The molecule has 17 heavy (non-hydrogen) atoms. The molecule has 1 unspecified atom stereocenters. The Hall–Kier alpha value is -1.25. The summed E-state index contributed by atoms with van der Waals surface area (Å²) in [6.07, 6.45) is 1.80. The van der Waals surface area contributed by atoms with Crippen molar-refractivity contribution in [3.8, 4) is 0 Å². The lowest BCUT2D eigenvalue weighted by Gasteiger charge is -2.16. The van der Waals surface area contributed by atoms with Crippen molar-refractivity contribution in [2.75, 3.05) is 6.54 Å². The van der Waals surface area contributed by atoms with Gasteiger partial charge in [0.25, 0.3) is 0 Å². The van der Waals surface area contributed by atoms with Crippen LogP contribution in [0.2, 0.25) is 5.02 Å². The molecule has 1 aromatic carbocycles. The minimum atomic E-state index is 0.135. The first-order chi connectivity index (χ1) is 8.20. The number of benzene rings is 1. The van der Waals surface area contributed by atoms with E-state index in [1.54, 1.807) is 6.26 Å². The van der Waals surface area contributed by atoms with Crippen LogP contribution in [0, 0.1) is 6.92 Å². The van der Waals surface area contributed by atoms with Crippen LogP contribution in [0.4, 0.5) is 0 Å². The van der Waals surface area contributed by atoms with Crippen molar-refractivity contribution in [3.63, 3.8) is 0 Å². The minimum absolute atomic E-state index is 0.135.